The summed E-state index contributed by atoms with van der Waals surface area (Å²) in [5.41, 5.74) is 4.91. The number of ether oxygens (including phenoxy) is 1. The number of H-pyrrole nitrogens is 1. The summed E-state index contributed by atoms with van der Waals surface area (Å²) in [5.74, 6) is 1.43. The first-order valence-corrected chi connectivity index (χ1v) is 12.3. The van der Waals surface area contributed by atoms with Crippen LogP contribution in [0.5, 0.6) is 5.75 Å². The summed E-state index contributed by atoms with van der Waals surface area (Å²) >= 11 is 0. The molecule has 2 heterocycles. The molecule has 1 aliphatic heterocycles. The predicted molar refractivity (Wildman–Crippen MR) is 133 cm³/mol. The zero-order chi connectivity index (χ0) is 23.5. The molecule has 5 rings (SSSR count). The van der Waals surface area contributed by atoms with E-state index in [0.29, 0.717) is 5.69 Å². The van der Waals surface area contributed by atoms with E-state index in [-0.39, 0.29) is 11.9 Å². The topological polar surface area (TPSA) is 81.2 Å². The average Bonchev–Trinajstić information content (AvgIpc) is 3.32. The third-order valence-electron chi connectivity index (χ3n) is 7.54. The molecule has 2 aliphatic rings. The lowest BCUT2D eigenvalue weighted by atomic mass is 9.84. The Kier molecular flexibility index (Phi) is 6.55. The van der Waals surface area contributed by atoms with Crippen molar-refractivity contribution in [1.29, 1.82) is 5.26 Å². The lowest BCUT2D eigenvalue weighted by molar-refractivity contribution is 0.0915. The third kappa shape index (κ3) is 4.80. The van der Waals surface area contributed by atoms with Gasteiger partial charge in [0.05, 0.1) is 24.3 Å². The van der Waals surface area contributed by atoms with Crippen molar-refractivity contribution in [3.05, 3.63) is 64.8 Å². The highest BCUT2D eigenvalue weighted by Crippen LogP contribution is 2.29. The quantitative estimate of drug-likeness (QED) is 0.559. The van der Waals surface area contributed by atoms with Crippen molar-refractivity contribution in [3.8, 4) is 11.8 Å². The number of benzene rings is 2. The molecule has 0 atom stereocenters. The molecule has 1 fully saturated rings. The molecule has 1 amide bonds. The monoisotopic (exact) mass is 456 g/mol. The first-order valence-electron chi connectivity index (χ1n) is 12.3. The lowest BCUT2D eigenvalue weighted by Crippen LogP contribution is -2.38. The Morgan fingerprint density at radius 2 is 2.03 bits per heavy atom. The number of para-hydroxylation sites is 1. The Hall–Kier alpha value is -3.30. The summed E-state index contributed by atoms with van der Waals surface area (Å²) in [5, 5.41) is 13.4. The number of nitrogens with zero attached hydrogens (tertiary/aromatic N) is 2. The van der Waals surface area contributed by atoms with Crippen LogP contribution in [-0.2, 0) is 13.0 Å². The molecule has 34 heavy (non-hydrogen) atoms. The van der Waals surface area contributed by atoms with Crippen molar-refractivity contribution >= 4 is 16.8 Å². The molecule has 176 valence electrons. The van der Waals surface area contributed by atoms with E-state index in [2.05, 4.69) is 33.4 Å². The van der Waals surface area contributed by atoms with E-state index in [4.69, 9.17) is 4.74 Å². The second-order valence-corrected chi connectivity index (χ2v) is 9.71. The Labute approximate surface area is 200 Å². The van der Waals surface area contributed by atoms with E-state index >= 15 is 0 Å². The minimum Gasteiger partial charge on any atom is -0.495 e. The largest absolute Gasteiger partial charge is 0.495 e. The number of rotatable bonds is 6. The normalized spacial score (nSPS) is 20.5. The summed E-state index contributed by atoms with van der Waals surface area (Å²) in [6.45, 7) is 3.15. The third-order valence-corrected chi connectivity index (χ3v) is 7.54. The molecule has 3 aromatic rings. The molecule has 1 aliphatic carbocycles. The molecule has 6 heteroatoms. The second-order valence-electron chi connectivity index (χ2n) is 9.71. The van der Waals surface area contributed by atoms with Crippen LogP contribution in [0, 0.1) is 17.2 Å². The van der Waals surface area contributed by atoms with Gasteiger partial charge in [0.1, 0.15) is 11.4 Å². The van der Waals surface area contributed by atoms with Gasteiger partial charge in [0.15, 0.2) is 0 Å². The summed E-state index contributed by atoms with van der Waals surface area (Å²) < 4.78 is 5.40. The minimum atomic E-state index is -0.0366. The SMILES string of the molecule is COc1cccc2cc(C(=O)NC3CCC(CCN4CCc5ccc(C#N)cc5C4)CC3)[nH]c12. The Morgan fingerprint density at radius 1 is 1.18 bits per heavy atom. The van der Waals surface area contributed by atoms with E-state index in [1.54, 1.807) is 7.11 Å². The van der Waals surface area contributed by atoms with Gasteiger partial charge in [-0.2, -0.15) is 5.26 Å². The lowest BCUT2D eigenvalue weighted by Gasteiger charge is -2.33. The van der Waals surface area contributed by atoms with Gasteiger partial charge in [-0.15, -0.1) is 0 Å². The van der Waals surface area contributed by atoms with Crippen LogP contribution in [0.15, 0.2) is 42.5 Å². The summed E-state index contributed by atoms with van der Waals surface area (Å²) in [4.78, 5) is 18.6. The predicted octanol–water partition coefficient (Wildman–Crippen LogP) is 4.79. The zero-order valence-corrected chi connectivity index (χ0v) is 19.8. The first-order chi connectivity index (χ1) is 16.6. The van der Waals surface area contributed by atoms with Crippen LogP contribution in [0.25, 0.3) is 10.9 Å². The van der Waals surface area contributed by atoms with Crippen LogP contribution in [0.1, 0.15) is 59.3 Å². The van der Waals surface area contributed by atoms with Crippen LogP contribution in [0.4, 0.5) is 0 Å². The van der Waals surface area contributed by atoms with Crippen molar-refractivity contribution in [2.45, 2.75) is 51.1 Å². The summed E-state index contributed by atoms with van der Waals surface area (Å²) in [6, 6.07) is 16.3. The number of fused-ring (bicyclic) bond motifs is 2. The van der Waals surface area contributed by atoms with Gasteiger partial charge < -0.3 is 15.0 Å². The molecule has 0 radical (unpaired) electrons. The van der Waals surface area contributed by atoms with Gasteiger partial charge >= 0.3 is 0 Å². The summed E-state index contributed by atoms with van der Waals surface area (Å²) in [7, 11) is 1.64. The Morgan fingerprint density at radius 3 is 2.82 bits per heavy atom. The van der Waals surface area contributed by atoms with Gasteiger partial charge in [-0.1, -0.05) is 18.2 Å². The van der Waals surface area contributed by atoms with Crippen molar-refractivity contribution in [1.82, 2.24) is 15.2 Å². The zero-order valence-electron chi connectivity index (χ0n) is 19.8. The molecule has 0 unspecified atom stereocenters. The molecular formula is C28H32N4O2. The molecule has 1 aromatic heterocycles. The smallest absolute Gasteiger partial charge is 0.267 e. The molecular weight excluding hydrogens is 424 g/mol. The van der Waals surface area contributed by atoms with E-state index < -0.39 is 0 Å². The minimum absolute atomic E-state index is 0.0366. The van der Waals surface area contributed by atoms with Gasteiger partial charge in [-0.3, -0.25) is 9.69 Å². The number of carbonyl (C=O) groups is 1. The van der Waals surface area contributed by atoms with Crippen molar-refractivity contribution in [2.24, 2.45) is 5.92 Å². The molecule has 0 bridgehead atoms. The standard InChI is InChI=1S/C28H32N4O2/c1-34-26-4-2-3-22-16-25(31-27(22)26)28(33)30-24-9-6-19(7-10-24)11-13-32-14-12-21-8-5-20(17-29)15-23(21)18-32/h2-5,8,15-16,19,24,31H,6-7,9-14,18H2,1H3,(H,30,33). The van der Waals surface area contributed by atoms with E-state index in [1.807, 2.05) is 30.3 Å². The maximum Gasteiger partial charge on any atom is 0.267 e. The average molecular weight is 457 g/mol. The first kappa shape index (κ1) is 22.5. The number of nitrogens with one attached hydrogen (secondary N) is 2. The van der Waals surface area contributed by atoms with Gasteiger partial charge in [-0.25, -0.2) is 0 Å². The van der Waals surface area contributed by atoms with Crippen molar-refractivity contribution < 1.29 is 9.53 Å². The molecule has 2 N–H and O–H groups in total. The number of hydrogen-bond donors (Lipinski definition) is 2. The van der Waals surface area contributed by atoms with Crippen molar-refractivity contribution in [2.75, 3.05) is 20.2 Å². The second kappa shape index (κ2) is 9.90. The van der Waals surface area contributed by atoms with Crippen LogP contribution in [-0.4, -0.2) is 42.0 Å². The van der Waals surface area contributed by atoms with Crippen LogP contribution < -0.4 is 10.1 Å². The van der Waals surface area contributed by atoms with Gasteiger partial charge in [-0.05, 0) is 86.4 Å². The fourth-order valence-electron chi connectivity index (χ4n) is 5.52. The number of aromatic nitrogens is 1. The van der Waals surface area contributed by atoms with Crippen LogP contribution in [0.3, 0.4) is 0 Å². The fraction of sp³-hybridized carbons (Fsp3) is 0.429. The van der Waals surface area contributed by atoms with Gasteiger partial charge in [0.2, 0.25) is 0 Å². The molecule has 0 saturated heterocycles. The highest BCUT2D eigenvalue weighted by atomic mass is 16.5. The number of nitriles is 1. The van der Waals surface area contributed by atoms with Gasteiger partial charge in [0, 0.05) is 24.5 Å². The molecule has 2 aromatic carbocycles. The maximum absolute atomic E-state index is 12.8. The Bertz CT molecular complexity index is 1220. The number of hydrogen-bond acceptors (Lipinski definition) is 4. The summed E-state index contributed by atoms with van der Waals surface area (Å²) in [6.07, 6.45) is 6.67. The van der Waals surface area contributed by atoms with E-state index in [1.165, 1.54) is 17.5 Å². The Balaban J connectivity index is 1.09. The molecule has 6 nitrogen and oxygen atoms in total. The van der Waals surface area contributed by atoms with Crippen molar-refractivity contribution in [3.63, 3.8) is 0 Å². The number of methoxy groups -OCH3 is 1. The number of aromatic amines is 1. The van der Waals surface area contributed by atoms with E-state index in [9.17, 15) is 10.1 Å². The highest BCUT2D eigenvalue weighted by molar-refractivity contribution is 5.99. The molecule has 1 saturated carbocycles. The van der Waals surface area contributed by atoms with Crippen LogP contribution in [0.2, 0.25) is 0 Å². The molecule has 0 spiro atoms. The van der Waals surface area contributed by atoms with Gasteiger partial charge in [0.25, 0.3) is 5.91 Å². The number of carbonyl (C=O) groups excluding carboxylic acids is 1. The fourth-order valence-corrected chi connectivity index (χ4v) is 5.52. The van der Waals surface area contributed by atoms with E-state index in [0.717, 1.165) is 79.9 Å². The van der Waals surface area contributed by atoms with Crippen LogP contribution >= 0.6 is 0 Å². The maximum atomic E-state index is 12.8. The highest BCUT2D eigenvalue weighted by Gasteiger charge is 2.25. The number of amides is 1.